The highest BCUT2D eigenvalue weighted by atomic mass is 16.5. The second-order valence-electron chi connectivity index (χ2n) is 2.54. The van der Waals surface area contributed by atoms with Crippen molar-refractivity contribution in [2.24, 2.45) is 0 Å². The lowest BCUT2D eigenvalue weighted by molar-refractivity contribution is 0.413. The van der Waals surface area contributed by atoms with Gasteiger partial charge in [0.05, 0.1) is 12.8 Å². The summed E-state index contributed by atoms with van der Waals surface area (Å²) in [5, 5.41) is 8.71. The van der Waals surface area contributed by atoms with Crippen molar-refractivity contribution < 1.29 is 4.74 Å². The zero-order valence-corrected chi connectivity index (χ0v) is 7.09. The van der Waals surface area contributed by atoms with E-state index in [-0.39, 0.29) is 0 Å². The number of nitrogens with two attached hydrogens (primary N) is 1. The fourth-order valence-electron chi connectivity index (χ4n) is 1.06. The molecule has 0 aromatic heterocycles. The molecule has 3 heteroatoms. The largest absolute Gasteiger partial charge is 0.495 e. The normalized spacial score (nSPS) is 9.08. The van der Waals surface area contributed by atoms with Crippen LogP contribution in [0.25, 0.3) is 0 Å². The van der Waals surface area contributed by atoms with Crippen molar-refractivity contribution >= 4 is 5.69 Å². The molecule has 2 N–H and O–H groups in total. The Bertz CT molecular complexity index is 339. The molecule has 0 radical (unpaired) electrons. The minimum absolute atomic E-state index is 0.406. The van der Waals surface area contributed by atoms with E-state index in [1.54, 1.807) is 12.1 Å². The predicted molar refractivity (Wildman–Crippen MR) is 46.9 cm³/mol. The van der Waals surface area contributed by atoms with E-state index in [9.17, 15) is 0 Å². The van der Waals surface area contributed by atoms with E-state index in [1.165, 1.54) is 7.11 Å². The lowest BCUT2D eigenvalue weighted by Gasteiger charge is -2.05. The number of nitrogens with zero attached hydrogens (tertiary/aromatic N) is 1. The van der Waals surface area contributed by atoms with Crippen LogP contribution in [0.3, 0.4) is 0 Å². The SMILES string of the molecule is COc1cc(C)cc(N)c1C#N. The van der Waals surface area contributed by atoms with Crippen LogP contribution in [-0.4, -0.2) is 7.11 Å². The Morgan fingerprint density at radius 1 is 1.50 bits per heavy atom. The first-order valence-electron chi connectivity index (χ1n) is 3.53. The number of nitrogen functional groups attached to an aromatic ring is 1. The van der Waals surface area contributed by atoms with Gasteiger partial charge in [0, 0.05) is 0 Å². The molecule has 1 aromatic carbocycles. The van der Waals surface area contributed by atoms with E-state index >= 15 is 0 Å². The molecule has 0 bridgehead atoms. The molecule has 0 aliphatic carbocycles. The Hall–Kier alpha value is -1.69. The molecular formula is C9H10N2O. The van der Waals surface area contributed by atoms with Crippen molar-refractivity contribution in [1.29, 1.82) is 5.26 Å². The maximum absolute atomic E-state index is 8.71. The molecular weight excluding hydrogens is 152 g/mol. The molecule has 0 saturated heterocycles. The Kier molecular flexibility index (Phi) is 2.20. The van der Waals surface area contributed by atoms with Gasteiger partial charge in [-0.1, -0.05) is 0 Å². The lowest BCUT2D eigenvalue weighted by atomic mass is 10.1. The molecule has 62 valence electrons. The third-order valence-electron chi connectivity index (χ3n) is 1.61. The summed E-state index contributed by atoms with van der Waals surface area (Å²) in [5.41, 5.74) is 7.47. The van der Waals surface area contributed by atoms with E-state index in [2.05, 4.69) is 0 Å². The Morgan fingerprint density at radius 3 is 2.67 bits per heavy atom. The van der Waals surface area contributed by atoms with Gasteiger partial charge < -0.3 is 10.5 Å². The van der Waals surface area contributed by atoms with Crippen molar-refractivity contribution in [3.63, 3.8) is 0 Å². The number of hydrogen-bond donors (Lipinski definition) is 1. The smallest absolute Gasteiger partial charge is 0.138 e. The van der Waals surface area contributed by atoms with Crippen LogP contribution in [-0.2, 0) is 0 Å². The fourth-order valence-corrected chi connectivity index (χ4v) is 1.06. The number of aryl methyl sites for hydroxylation is 1. The van der Waals surface area contributed by atoms with Crippen LogP contribution < -0.4 is 10.5 Å². The van der Waals surface area contributed by atoms with Gasteiger partial charge in [-0.05, 0) is 24.6 Å². The number of nitriles is 1. The summed E-state index contributed by atoms with van der Waals surface area (Å²) >= 11 is 0. The number of rotatable bonds is 1. The summed E-state index contributed by atoms with van der Waals surface area (Å²) in [5.74, 6) is 0.537. The van der Waals surface area contributed by atoms with Crippen molar-refractivity contribution in [2.45, 2.75) is 6.92 Å². The second kappa shape index (κ2) is 3.14. The standard InChI is InChI=1S/C9H10N2O/c1-6-3-8(11)7(5-10)9(4-6)12-2/h3-4H,11H2,1-2H3. The average Bonchev–Trinajstić information content (AvgIpc) is 2.03. The van der Waals surface area contributed by atoms with Gasteiger partial charge in [0.1, 0.15) is 17.4 Å². The lowest BCUT2D eigenvalue weighted by Crippen LogP contribution is -1.95. The van der Waals surface area contributed by atoms with Crippen molar-refractivity contribution in [1.82, 2.24) is 0 Å². The molecule has 0 aliphatic heterocycles. The van der Waals surface area contributed by atoms with Crippen LogP contribution in [0, 0.1) is 18.3 Å². The van der Waals surface area contributed by atoms with Crippen LogP contribution in [0.15, 0.2) is 12.1 Å². The van der Waals surface area contributed by atoms with Gasteiger partial charge in [-0.3, -0.25) is 0 Å². The fraction of sp³-hybridized carbons (Fsp3) is 0.222. The molecule has 0 amide bonds. The van der Waals surface area contributed by atoms with Crippen LogP contribution in [0.5, 0.6) is 5.75 Å². The van der Waals surface area contributed by atoms with Crippen LogP contribution in [0.2, 0.25) is 0 Å². The van der Waals surface area contributed by atoms with Crippen molar-refractivity contribution in [3.05, 3.63) is 23.3 Å². The first-order valence-corrected chi connectivity index (χ1v) is 3.53. The molecule has 1 aromatic rings. The molecule has 0 unspecified atom stereocenters. The molecule has 0 aliphatic rings. The minimum Gasteiger partial charge on any atom is -0.495 e. The first-order chi connectivity index (χ1) is 5.69. The number of anilines is 1. The molecule has 1 rings (SSSR count). The van der Waals surface area contributed by atoms with Gasteiger partial charge >= 0.3 is 0 Å². The summed E-state index contributed by atoms with van der Waals surface area (Å²) in [6.45, 7) is 1.90. The molecule has 0 saturated carbocycles. The van der Waals surface area contributed by atoms with E-state index in [4.69, 9.17) is 15.7 Å². The number of benzene rings is 1. The van der Waals surface area contributed by atoms with Gasteiger partial charge in [0.25, 0.3) is 0 Å². The molecule has 0 atom stereocenters. The molecule has 12 heavy (non-hydrogen) atoms. The van der Waals surface area contributed by atoms with E-state index in [0.717, 1.165) is 5.56 Å². The minimum atomic E-state index is 0.406. The topological polar surface area (TPSA) is 59.0 Å². The van der Waals surface area contributed by atoms with Crippen LogP contribution >= 0.6 is 0 Å². The maximum atomic E-state index is 8.71. The second-order valence-corrected chi connectivity index (χ2v) is 2.54. The highest BCUT2D eigenvalue weighted by Crippen LogP contribution is 2.24. The highest BCUT2D eigenvalue weighted by molar-refractivity contribution is 5.62. The predicted octanol–water partition coefficient (Wildman–Crippen LogP) is 1.46. The van der Waals surface area contributed by atoms with Gasteiger partial charge in [0.15, 0.2) is 0 Å². The Balaban J connectivity index is 3.36. The van der Waals surface area contributed by atoms with Gasteiger partial charge in [0.2, 0.25) is 0 Å². The van der Waals surface area contributed by atoms with Gasteiger partial charge in [-0.15, -0.1) is 0 Å². The third-order valence-corrected chi connectivity index (χ3v) is 1.61. The molecule has 0 fully saturated rings. The van der Waals surface area contributed by atoms with Gasteiger partial charge in [-0.2, -0.15) is 5.26 Å². The number of methoxy groups -OCH3 is 1. The highest BCUT2D eigenvalue weighted by Gasteiger charge is 2.06. The molecule has 3 nitrogen and oxygen atoms in total. The summed E-state index contributed by atoms with van der Waals surface area (Å²) in [6.07, 6.45) is 0. The summed E-state index contributed by atoms with van der Waals surface area (Å²) in [4.78, 5) is 0. The first kappa shape index (κ1) is 8.41. The molecule has 0 spiro atoms. The summed E-state index contributed by atoms with van der Waals surface area (Å²) in [6, 6.07) is 5.53. The van der Waals surface area contributed by atoms with Crippen LogP contribution in [0.4, 0.5) is 5.69 Å². The van der Waals surface area contributed by atoms with E-state index in [1.807, 2.05) is 13.0 Å². The summed E-state index contributed by atoms with van der Waals surface area (Å²) < 4.78 is 5.00. The number of ether oxygens (including phenoxy) is 1. The zero-order chi connectivity index (χ0) is 9.14. The van der Waals surface area contributed by atoms with E-state index < -0.39 is 0 Å². The quantitative estimate of drug-likeness (QED) is 0.636. The number of hydrogen-bond acceptors (Lipinski definition) is 3. The third kappa shape index (κ3) is 1.32. The maximum Gasteiger partial charge on any atom is 0.138 e. The van der Waals surface area contributed by atoms with Crippen molar-refractivity contribution in [3.8, 4) is 11.8 Å². The zero-order valence-electron chi connectivity index (χ0n) is 7.09. The monoisotopic (exact) mass is 162 g/mol. The Morgan fingerprint density at radius 2 is 2.17 bits per heavy atom. The Labute approximate surface area is 71.4 Å². The van der Waals surface area contributed by atoms with Crippen molar-refractivity contribution in [2.75, 3.05) is 12.8 Å². The molecule has 0 heterocycles. The van der Waals surface area contributed by atoms with E-state index in [0.29, 0.717) is 17.0 Å². The van der Waals surface area contributed by atoms with Gasteiger partial charge in [-0.25, -0.2) is 0 Å². The average molecular weight is 162 g/mol. The van der Waals surface area contributed by atoms with Crippen LogP contribution in [0.1, 0.15) is 11.1 Å². The summed E-state index contributed by atoms with van der Waals surface area (Å²) in [7, 11) is 1.52.